The second-order valence-electron chi connectivity index (χ2n) is 5.34. The maximum absolute atomic E-state index is 6.26. The predicted octanol–water partition coefficient (Wildman–Crippen LogP) is 4.56. The number of benzene rings is 1. The minimum absolute atomic E-state index is 0.511. The van der Waals surface area contributed by atoms with Gasteiger partial charge in [-0.1, -0.05) is 43.1 Å². The minimum Gasteiger partial charge on any atom is -0.313 e. The van der Waals surface area contributed by atoms with Crippen molar-refractivity contribution in [3.8, 4) is 0 Å². The molecule has 100 valence electrons. The van der Waals surface area contributed by atoms with Crippen LogP contribution >= 0.6 is 23.2 Å². The van der Waals surface area contributed by atoms with Crippen LogP contribution in [0.1, 0.15) is 32.3 Å². The van der Waals surface area contributed by atoms with Gasteiger partial charge in [-0.05, 0) is 55.3 Å². The zero-order valence-electron chi connectivity index (χ0n) is 11.0. The smallest absolute Gasteiger partial charge is 0.0453 e. The van der Waals surface area contributed by atoms with Crippen molar-refractivity contribution in [2.24, 2.45) is 11.8 Å². The lowest BCUT2D eigenvalue weighted by Crippen LogP contribution is -2.34. The van der Waals surface area contributed by atoms with Gasteiger partial charge in [0.2, 0.25) is 0 Å². The standard InChI is InChI=1S/C15H21Cl2N/c1-3-7-18-15(11-8-10(11)2)9-12-13(16)5-4-6-14(12)17/h4-6,10-11,15,18H,3,7-9H2,1-2H3. The fourth-order valence-corrected chi connectivity index (χ4v) is 3.12. The summed E-state index contributed by atoms with van der Waals surface area (Å²) >= 11 is 12.5. The van der Waals surface area contributed by atoms with Crippen LogP contribution in [0.5, 0.6) is 0 Å². The third-order valence-corrected chi connectivity index (χ3v) is 4.54. The first kappa shape index (κ1) is 14.2. The molecule has 3 heteroatoms. The van der Waals surface area contributed by atoms with Crippen LogP contribution in [0.4, 0.5) is 0 Å². The Hall–Kier alpha value is -0.240. The number of nitrogens with one attached hydrogen (secondary N) is 1. The molecular weight excluding hydrogens is 265 g/mol. The number of hydrogen-bond acceptors (Lipinski definition) is 1. The monoisotopic (exact) mass is 285 g/mol. The molecule has 2 rings (SSSR count). The predicted molar refractivity (Wildman–Crippen MR) is 79.5 cm³/mol. The molecule has 3 atom stereocenters. The Morgan fingerprint density at radius 2 is 1.94 bits per heavy atom. The largest absolute Gasteiger partial charge is 0.313 e. The molecule has 0 saturated heterocycles. The minimum atomic E-state index is 0.511. The Bertz CT molecular complexity index is 385. The van der Waals surface area contributed by atoms with Crippen molar-refractivity contribution in [3.05, 3.63) is 33.8 Å². The van der Waals surface area contributed by atoms with Crippen LogP contribution in [0.3, 0.4) is 0 Å². The van der Waals surface area contributed by atoms with Gasteiger partial charge in [-0.2, -0.15) is 0 Å². The van der Waals surface area contributed by atoms with Crippen LogP contribution in [0, 0.1) is 11.8 Å². The van der Waals surface area contributed by atoms with E-state index in [1.54, 1.807) is 0 Å². The summed E-state index contributed by atoms with van der Waals surface area (Å²) in [6, 6.07) is 6.27. The van der Waals surface area contributed by atoms with Gasteiger partial charge in [0.05, 0.1) is 0 Å². The molecular formula is C15H21Cl2N. The average Bonchev–Trinajstić information content (AvgIpc) is 3.05. The molecule has 0 heterocycles. The van der Waals surface area contributed by atoms with E-state index in [-0.39, 0.29) is 0 Å². The molecule has 1 aromatic carbocycles. The summed E-state index contributed by atoms with van der Waals surface area (Å²) in [6.07, 6.45) is 3.42. The number of rotatable bonds is 6. The van der Waals surface area contributed by atoms with E-state index in [4.69, 9.17) is 23.2 Å². The van der Waals surface area contributed by atoms with Gasteiger partial charge in [0, 0.05) is 16.1 Å². The molecule has 0 radical (unpaired) electrons. The third kappa shape index (κ3) is 3.40. The first-order chi connectivity index (χ1) is 8.63. The van der Waals surface area contributed by atoms with Crippen LogP contribution in [0.25, 0.3) is 0 Å². The highest BCUT2D eigenvalue weighted by Gasteiger charge is 2.39. The second-order valence-corrected chi connectivity index (χ2v) is 6.16. The Morgan fingerprint density at radius 3 is 2.44 bits per heavy atom. The van der Waals surface area contributed by atoms with Crippen molar-refractivity contribution in [1.29, 1.82) is 0 Å². The molecule has 1 nitrogen and oxygen atoms in total. The molecule has 1 aliphatic carbocycles. The molecule has 1 fully saturated rings. The van der Waals surface area contributed by atoms with Crippen molar-refractivity contribution < 1.29 is 0 Å². The number of halogens is 2. The Kier molecular flexibility index (Phi) is 4.94. The van der Waals surface area contributed by atoms with Gasteiger partial charge in [0.15, 0.2) is 0 Å². The highest BCUT2D eigenvalue weighted by atomic mass is 35.5. The summed E-state index contributed by atoms with van der Waals surface area (Å²) in [6.45, 7) is 5.58. The van der Waals surface area contributed by atoms with E-state index >= 15 is 0 Å². The van der Waals surface area contributed by atoms with Gasteiger partial charge in [-0.3, -0.25) is 0 Å². The summed E-state index contributed by atoms with van der Waals surface area (Å²) in [5.41, 5.74) is 1.09. The SMILES string of the molecule is CCCNC(Cc1c(Cl)cccc1Cl)C1CC1C. The van der Waals surface area contributed by atoms with E-state index in [0.717, 1.165) is 46.8 Å². The summed E-state index contributed by atoms with van der Waals surface area (Å²) in [5.74, 6) is 1.62. The summed E-state index contributed by atoms with van der Waals surface area (Å²) < 4.78 is 0. The molecule has 0 aromatic heterocycles. The van der Waals surface area contributed by atoms with Crippen LogP contribution in [0.2, 0.25) is 10.0 Å². The Morgan fingerprint density at radius 1 is 1.33 bits per heavy atom. The van der Waals surface area contributed by atoms with Gasteiger partial charge in [-0.15, -0.1) is 0 Å². The first-order valence-electron chi connectivity index (χ1n) is 6.79. The van der Waals surface area contributed by atoms with Crippen LogP contribution < -0.4 is 5.32 Å². The van der Waals surface area contributed by atoms with E-state index in [1.807, 2.05) is 18.2 Å². The lowest BCUT2D eigenvalue weighted by molar-refractivity contribution is 0.444. The molecule has 1 aromatic rings. The maximum atomic E-state index is 6.26. The molecule has 0 amide bonds. The lowest BCUT2D eigenvalue weighted by Gasteiger charge is -2.20. The molecule has 0 aliphatic heterocycles. The van der Waals surface area contributed by atoms with Gasteiger partial charge in [0.1, 0.15) is 0 Å². The zero-order valence-corrected chi connectivity index (χ0v) is 12.6. The second kappa shape index (κ2) is 6.27. The van der Waals surface area contributed by atoms with Crippen molar-refractivity contribution in [2.45, 2.75) is 39.2 Å². The van der Waals surface area contributed by atoms with Crippen molar-refractivity contribution in [1.82, 2.24) is 5.32 Å². The van der Waals surface area contributed by atoms with Gasteiger partial charge < -0.3 is 5.32 Å². The molecule has 0 spiro atoms. The topological polar surface area (TPSA) is 12.0 Å². The highest BCUT2D eigenvalue weighted by molar-refractivity contribution is 6.36. The van der Waals surface area contributed by atoms with Crippen molar-refractivity contribution in [3.63, 3.8) is 0 Å². The highest BCUT2D eigenvalue weighted by Crippen LogP contribution is 2.42. The van der Waals surface area contributed by atoms with Gasteiger partial charge in [-0.25, -0.2) is 0 Å². The Balaban J connectivity index is 2.08. The molecule has 0 bridgehead atoms. The third-order valence-electron chi connectivity index (χ3n) is 3.83. The average molecular weight is 286 g/mol. The summed E-state index contributed by atoms with van der Waals surface area (Å²) in [5, 5.41) is 5.23. The lowest BCUT2D eigenvalue weighted by atomic mass is 10.0. The maximum Gasteiger partial charge on any atom is 0.0453 e. The zero-order chi connectivity index (χ0) is 13.1. The van der Waals surface area contributed by atoms with E-state index in [1.165, 1.54) is 6.42 Å². The molecule has 1 N–H and O–H groups in total. The van der Waals surface area contributed by atoms with Gasteiger partial charge in [0.25, 0.3) is 0 Å². The fourth-order valence-electron chi connectivity index (χ4n) is 2.56. The van der Waals surface area contributed by atoms with Gasteiger partial charge >= 0.3 is 0 Å². The molecule has 18 heavy (non-hydrogen) atoms. The molecule has 1 aliphatic rings. The first-order valence-corrected chi connectivity index (χ1v) is 7.55. The molecule has 1 saturated carbocycles. The Labute approximate surface area is 120 Å². The normalized spacial score (nSPS) is 24.0. The summed E-state index contributed by atoms with van der Waals surface area (Å²) in [4.78, 5) is 0. The van der Waals surface area contributed by atoms with Crippen molar-refractivity contribution >= 4 is 23.2 Å². The van der Waals surface area contributed by atoms with Crippen LogP contribution in [-0.4, -0.2) is 12.6 Å². The van der Waals surface area contributed by atoms with Crippen molar-refractivity contribution in [2.75, 3.05) is 6.54 Å². The quantitative estimate of drug-likeness (QED) is 0.808. The van der Waals surface area contributed by atoms with E-state index in [9.17, 15) is 0 Å². The molecule has 3 unspecified atom stereocenters. The van der Waals surface area contributed by atoms with E-state index in [2.05, 4.69) is 19.2 Å². The van der Waals surface area contributed by atoms with Crippen LogP contribution in [-0.2, 0) is 6.42 Å². The van der Waals surface area contributed by atoms with E-state index in [0.29, 0.717) is 6.04 Å². The summed E-state index contributed by atoms with van der Waals surface area (Å²) in [7, 11) is 0. The van der Waals surface area contributed by atoms with Crippen LogP contribution in [0.15, 0.2) is 18.2 Å². The fraction of sp³-hybridized carbons (Fsp3) is 0.600. The number of hydrogen-bond donors (Lipinski definition) is 1. The van der Waals surface area contributed by atoms with E-state index < -0.39 is 0 Å².